The number of carbonyl (C=O) groups is 2. The van der Waals surface area contributed by atoms with Gasteiger partial charge in [-0.2, -0.15) is 0 Å². The molecule has 0 aliphatic rings. The van der Waals surface area contributed by atoms with Crippen molar-refractivity contribution in [3.05, 3.63) is 58.1 Å². The number of sulfonamides is 1. The molecule has 2 aromatic carbocycles. The Bertz CT molecular complexity index is 1090. The Morgan fingerprint density at radius 1 is 1.16 bits per heavy atom. The van der Waals surface area contributed by atoms with Crippen LogP contribution < -0.4 is 14.4 Å². The molecule has 32 heavy (non-hydrogen) atoms. The number of hydrogen-bond acceptors (Lipinski definition) is 5. The standard InChI is InChI=1S/C21H25Cl2N3O5S/c1-14(21(28)24-2)25(12-15-6-5-7-16(22)10-15)20(27)13-26(32(4,29)30)17-8-9-19(31-3)18(23)11-17/h5-11,14H,12-13H2,1-4H3,(H,24,28). The fourth-order valence-electron chi connectivity index (χ4n) is 3.05. The van der Waals surface area contributed by atoms with Crippen molar-refractivity contribution in [2.75, 3.05) is 31.3 Å². The monoisotopic (exact) mass is 501 g/mol. The molecule has 0 radical (unpaired) electrons. The Morgan fingerprint density at radius 3 is 2.38 bits per heavy atom. The van der Waals surface area contributed by atoms with Crippen molar-refractivity contribution in [2.45, 2.75) is 19.5 Å². The number of methoxy groups -OCH3 is 1. The first kappa shape index (κ1) is 25.8. The number of nitrogens with one attached hydrogen (secondary N) is 1. The van der Waals surface area contributed by atoms with E-state index in [0.717, 1.165) is 10.6 Å². The average Bonchev–Trinajstić information content (AvgIpc) is 2.73. The zero-order valence-electron chi connectivity index (χ0n) is 18.1. The van der Waals surface area contributed by atoms with Crippen molar-refractivity contribution < 1.29 is 22.7 Å². The molecular weight excluding hydrogens is 477 g/mol. The molecule has 0 spiro atoms. The molecular formula is C21H25Cl2N3O5S. The Morgan fingerprint density at radius 2 is 1.84 bits per heavy atom. The van der Waals surface area contributed by atoms with Gasteiger partial charge in [0.15, 0.2) is 0 Å². The van der Waals surface area contributed by atoms with Gasteiger partial charge in [0.25, 0.3) is 0 Å². The summed E-state index contributed by atoms with van der Waals surface area (Å²) >= 11 is 12.2. The smallest absolute Gasteiger partial charge is 0.244 e. The molecule has 1 atom stereocenters. The molecule has 0 aliphatic carbocycles. The summed E-state index contributed by atoms with van der Waals surface area (Å²) in [6.45, 7) is 1.11. The maximum Gasteiger partial charge on any atom is 0.244 e. The largest absolute Gasteiger partial charge is 0.495 e. The molecule has 0 saturated heterocycles. The van der Waals surface area contributed by atoms with Gasteiger partial charge in [0.2, 0.25) is 21.8 Å². The average molecular weight is 502 g/mol. The van der Waals surface area contributed by atoms with Crippen LogP contribution in [0.4, 0.5) is 5.69 Å². The SMILES string of the molecule is CNC(=O)C(C)N(Cc1cccc(Cl)c1)C(=O)CN(c1ccc(OC)c(Cl)c1)S(C)(=O)=O. The second kappa shape index (κ2) is 10.9. The molecule has 2 aromatic rings. The fraction of sp³-hybridized carbons (Fsp3) is 0.333. The van der Waals surface area contributed by atoms with Gasteiger partial charge in [0, 0.05) is 18.6 Å². The van der Waals surface area contributed by atoms with E-state index in [0.29, 0.717) is 16.3 Å². The van der Waals surface area contributed by atoms with Gasteiger partial charge in [0.05, 0.1) is 24.1 Å². The van der Waals surface area contributed by atoms with Crippen molar-refractivity contribution in [1.82, 2.24) is 10.2 Å². The third-order valence-electron chi connectivity index (χ3n) is 4.76. The lowest BCUT2D eigenvalue weighted by Gasteiger charge is -2.31. The molecule has 8 nitrogen and oxygen atoms in total. The van der Waals surface area contributed by atoms with Crippen LogP contribution in [-0.4, -0.2) is 58.1 Å². The van der Waals surface area contributed by atoms with Gasteiger partial charge in [-0.1, -0.05) is 35.3 Å². The number of ether oxygens (including phenoxy) is 1. The zero-order chi connectivity index (χ0) is 24.1. The Hall–Kier alpha value is -2.49. The van der Waals surface area contributed by atoms with Crippen molar-refractivity contribution in [3.63, 3.8) is 0 Å². The highest BCUT2D eigenvalue weighted by atomic mass is 35.5. The van der Waals surface area contributed by atoms with Crippen LogP contribution in [0.15, 0.2) is 42.5 Å². The molecule has 1 unspecified atom stereocenters. The lowest BCUT2D eigenvalue weighted by molar-refractivity contribution is -0.139. The second-order valence-electron chi connectivity index (χ2n) is 7.03. The summed E-state index contributed by atoms with van der Waals surface area (Å²) in [5.74, 6) is -0.594. The number of nitrogens with zero attached hydrogens (tertiary/aromatic N) is 2. The molecule has 2 amide bonds. The number of carbonyl (C=O) groups excluding carboxylic acids is 2. The first-order valence-electron chi connectivity index (χ1n) is 9.54. The Kier molecular flexibility index (Phi) is 8.77. The molecule has 0 bridgehead atoms. The number of benzene rings is 2. The van der Waals surface area contributed by atoms with E-state index in [1.165, 1.54) is 37.3 Å². The zero-order valence-corrected chi connectivity index (χ0v) is 20.5. The lowest BCUT2D eigenvalue weighted by atomic mass is 10.1. The van der Waals surface area contributed by atoms with Crippen LogP contribution in [-0.2, 0) is 26.2 Å². The van der Waals surface area contributed by atoms with E-state index in [-0.39, 0.29) is 17.3 Å². The van der Waals surface area contributed by atoms with Crippen molar-refractivity contribution in [1.29, 1.82) is 0 Å². The van der Waals surface area contributed by atoms with Gasteiger partial charge in [-0.05, 0) is 42.8 Å². The summed E-state index contributed by atoms with van der Waals surface area (Å²) in [6.07, 6.45) is 0.988. The van der Waals surface area contributed by atoms with Crippen LogP contribution in [0.5, 0.6) is 5.75 Å². The summed E-state index contributed by atoms with van der Waals surface area (Å²) in [7, 11) is -0.951. The summed E-state index contributed by atoms with van der Waals surface area (Å²) in [4.78, 5) is 26.9. The normalized spacial score (nSPS) is 12.1. The highest BCUT2D eigenvalue weighted by Crippen LogP contribution is 2.30. The molecule has 0 aromatic heterocycles. The summed E-state index contributed by atoms with van der Waals surface area (Å²) in [5.41, 5.74) is 0.891. The van der Waals surface area contributed by atoms with E-state index < -0.39 is 34.4 Å². The van der Waals surface area contributed by atoms with Crippen molar-refractivity contribution in [2.24, 2.45) is 0 Å². The Labute approximate surface area is 198 Å². The lowest BCUT2D eigenvalue weighted by Crippen LogP contribution is -2.50. The van der Waals surface area contributed by atoms with Crippen LogP contribution in [0.1, 0.15) is 12.5 Å². The maximum atomic E-state index is 13.3. The summed E-state index contributed by atoms with van der Waals surface area (Å²) < 4.78 is 31.0. The topological polar surface area (TPSA) is 96.0 Å². The van der Waals surface area contributed by atoms with Crippen LogP contribution >= 0.6 is 23.2 Å². The molecule has 0 aliphatic heterocycles. The third kappa shape index (κ3) is 6.51. The van der Waals surface area contributed by atoms with Gasteiger partial charge >= 0.3 is 0 Å². The minimum absolute atomic E-state index is 0.0644. The highest BCUT2D eigenvalue weighted by molar-refractivity contribution is 7.92. The fourth-order valence-corrected chi connectivity index (χ4v) is 4.35. The van der Waals surface area contributed by atoms with Crippen molar-refractivity contribution in [3.8, 4) is 5.75 Å². The quantitative estimate of drug-likeness (QED) is 0.569. The summed E-state index contributed by atoms with van der Waals surface area (Å²) in [6, 6.07) is 10.4. The molecule has 174 valence electrons. The van der Waals surface area contributed by atoms with Crippen LogP contribution in [0, 0.1) is 0 Å². The van der Waals surface area contributed by atoms with E-state index in [1.807, 2.05) is 0 Å². The minimum atomic E-state index is -3.85. The number of hydrogen-bond donors (Lipinski definition) is 1. The Balaban J connectivity index is 2.41. The first-order valence-corrected chi connectivity index (χ1v) is 12.1. The van der Waals surface area contributed by atoms with E-state index in [1.54, 1.807) is 31.2 Å². The van der Waals surface area contributed by atoms with Crippen molar-refractivity contribution >= 4 is 50.7 Å². The number of likely N-dealkylation sites (N-methyl/N-ethyl adjacent to an activating group) is 1. The first-order chi connectivity index (χ1) is 15.0. The minimum Gasteiger partial charge on any atom is -0.495 e. The molecule has 2 rings (SSSR count). The van der Waals surface area contributed by atoms with Crippen LogP contribution in [0.25, 0.3) is 0 Å². The predicted octanol–water partition coefficient (Wildman–Crippen LogP) is 2.93. The van der Waals surface area contributed by atoms with Gasteiger partial charge in [-0.3, -0.25) is 13.9 Å². The number of amides is 2. The van der Waals surface area contributed by atoms with E-state index in [2.05, 4.69) is 5.32 Å². The highest BCUT2D eigenvalue weighted by Gasteiger charge is 2.30. The van der Waals surface area contributed by atoms with Gasteiger partial charge in [-0.25, -0.2) is 8.42 Å². The third-order valence-corrected chi connectivity index (χ3v) is 6.43. The number of rotatable bonds is 9. The summed E-state index contributed by atoms with van der Waals surface area (Å²) in [5, 5.41) is 3.19. The number of halogens is 2. The van der Waals surface area contributed by atoms with Gasteiger partial charge < -0.3 is 15.0 Å². The molecule has 0 fully saturated rings. The maximum absolute atomic E-state index is 13.3. The molecule has 11 heteroatoms. The second-order valence-corrected chi connectivity index (χ2v) is 9.78. The van der Waals surface area contributed by atoms with E-state index in [4.69, 9.17) is 27.9 Å². The molecule has 0 heterocycles. The molecule has 0 saturated carbocycles. The van der Waals surface area contributed by atoms with Gasteiger partial charge in [-0.15, -0.1) is 0 Å². The van der Waals surface area contributed by atoms with Crippen LogP contribution in [0.3, 0.4) is 0 Å². The predicted molar refractivity (Wildman–Crippen MR) is 126 cm³/mol. The molecule has 1 N–H and O–H groups in total. The van der Waals surface area contributed by atoms with E-state index >= 15 is 0 Å². The van der Waals surface area contributed by atoms with Crippen LogP contribution in [0.2, 0.25) is 10.0 Å². The van der Waals surface area contributed by atoms with Gasteiger partial charge in [0.1, 0.15) is 18.3 Å². The number of anilines is 1. The van der Waals surface area contributed by atoms with E-state index in [9.17, 15) is 18.0 Å².